The fourth-order valence-electron chi connectivity index (χ4n) is 6.54. The number of unbranched alkanes of at least 4 members (excludes halogenated alkanes) is 19. The first-order valence-electron chi connectivity index (χ1n) is 21.1. The summed E-state index contributed by atoms with van der Waals surface area (Å²) in [6.07, 6.45) is 23.8. The van der Waals surface area contributed by atoms with Crippen LogP contribution in [0.3, 0.4) is 0 Å². The predicted molar refractivity (Wildman–Crippen MR) is 209 cm³/mol. The van der Waals surface area contributed by atoms with Crippen LogP contribution in [0.25, 0.3) is 0 Å². The van der Waals surface area contributed by atoms with Gasteiger partial charge in [0.25, 0.3) is 5.91 Å². The first-order chi connectivity index (χ1) is 25.7. The van der Waals surface area contributed by atoms with Crippen LogP contribution in [-0.2, 0) is 23.8 Å². The van der Waals surface area contributed by atoms with Crippen LogP contribution in [0.15, 0.2) is 24.3 Å². The Morgan fingerprint density at radius 3 is 1.75 bits per heavy atom. The summed E-state index contributed by atoms with van der Waals surface area (Å²) in [4.78, 5) is 25.4. The van der Waals surface area contributed by atoms with E-state index in [2.05, 4.69) is 31.3 Å². The van der Waals surface area contributed by atoms with Gasteiger partial charge < -0.3 is 45.1 Å². The van der Waals surface area contributed by atoms with Crippen LogP contribution in [0.1, 0.15) is 168 Å². The molecule has 0 saturated carbocycles. The van der Waals surface area contributed by atoms with Crippen molar-refractivity contribution >= 4 is 11.9 Å². The number of carbonyl (C=O) groups is 2. The number of aliphatic hydroxyl groups is 5. The average molecular weight is 756 g/mol. The Morgan fingerprint density at radius 2 is 1.21 bits per heavy atom. The highest BCUT2D eigenvalue weighted by Crippen LogP contribution is 2.23. The number of carbonyl (C=O) groups excluding carboxylic acids is 2. The minimum atomic E-state index is -1.63. The maximum absolute atomic E-state index is 13.4. The molecular weight excluding hydrogens is 678 g/mol. The number of allylic oxidation sites excluding steroid dienone is 3. The van der Waals surface area contributed by atoms with Crippen LogP contribution in [0.2, 0.25) is 0 Å². The summed E-state index contributed by atoms with van der Waals surface area (Å²) in [5, 5.41) is 54.2. The fraction of sp³-hybridized carbons (Fsp3) is 0.857. The van der Waals surface area contributed by atoms with Crippen molar-refractivity contribution in [2.45, 2.75) is 217 Å². The van der Waals surface area contributed by atoms with E-state index in [1.165, 1.54) is 103 Å². The molecule has 1 rings (SSSR count). The van der Waals surface area contributed by atoms with Gasteiger partial charge in [-0.2, -0.15) is 0 Å². The van der Waals surface area contributed by atoms with Crippen LogP contribution in [-0.4, -0.2) is 99.6 Å². The number of rotatable bonds is 33. The quantitative estimate of drug-likeness (QED) is 0.0240. The first kappa shape index (κ1) is 49.2. The van der Waals surface area contributed by atoms with Crippen LogP contribution < -0.4 is 5.32 Å². The Hall–Kier alpha value is -1.86. The Kier molecular flexibility index (Phi) is 30.0. The number of aliphatic hydroxyl groups excluding tert-OH is 5. The molecule has 1 heterocycles. The van der Waals surface area contributed by atoms with Gasteiger partial charge in [-0.1, -0.05) is 147 Å². The highest BCUT2D eigenvalue weighted by atomic mass is 16.7. The topological polar surface area (TPSA) is 175 Å². The number of esters is 1. The molecule has 1 amide bonds. The number of amides is 1. The number of nitrogens with one attached hydrogen (secondary N) is 1. The molecule has 53 heavy (non-hydrogen) atoms. The van der Waals surface area contributed by atoms with E-state index in [0.29, 0.717) is 19.3 Å². The van der Waals surface area contributed by atoms with E-state index in [0.717, 1.165) is 32.1 Å². The van der Waals surface area contributed by atoms with Gasteiger partial charge in [0.2, 0.25) is 0 Å². The molecule has 6 N–H and O–H groups in total. The molecule has 1 fully saturated rings. The molecule has 0 bridgehead atoms. The fourth-order valence-corrected chi connectivity index (χ4v) is 6.54. The molecule has 11 heteroatoms. The molecule has 1 aliphatic heterocycles. The van der Waals surface area contributed by atoms with Crippen molar-refractivity contribution < 1.29 is 49.3 Å². The first-order valence-corrected chi connectivity index (χ1v) is 21.1. The Labute approximate surface area is 321 Å². The molecule has 0 spiro atoms. The number of hydrogen-bond acceptors (Lipinski definition) is 10. The standard InChI is InChI=1S/C42H77NO10/c1-4-6-8-10-12-14-16-18-19-21-23-25-27-29-35(46)34(32-51-42-40(49)39(48)38(47)37(31-44)53-42)43-41(50)36(52-33(3)45)30-28-26-24-22-20-17-15-13-11-9-7-5-2/h19,21,27,29,34-40,42,44,46-49H,4-18,20,22-26,28,30-32H2,1-3H3,(H,43,50)/b21-19+,29-27+/t34-,35+,36+,37+,38+,39-,40+,42+/m0/s1. The normalized spacial score (nSPS) is 22.3. The molecule has 0 unspecified atom stereocenters. The highest BCUT2D eigenvalue weighted by Gasteiger charge is 2.44. The molecule has 0 aliphatic carbocycles. The van der Waals surface area contributed by atoms with E-state index < -0.39 is 67.4 Å². The summed E-state index contributed by atoms with van der Waals surface area (Å²) < 4.78 is 16.5. The lowest BCUT2D eigenvalue weighted by Crippen LogP contribution is -2.60. The van der Waals surface area contributed by atoms with E-state index >= 15 is 0 Å². The third-order valence-corrected chi connectivity index (χ3v) is 9.92. The third-order valence-electron chi connectivity index (χ3n) is 9.92. The molecule has 310 valence electrons. The largest absolute Gasteiger partial charge is 0.452 e. The molecule has 11 nitrogen and oxygen atoms in total. The van der Waals surface area contributed by atoms with Crippen molar-refractivity contribution in [2.75, 3.05) is 13.2 Å². The average Bonchev–Trinajstić information content (AvgIpc) is 3.14. The van der Waals surface area contributed by atoms with Crippen LogP contribution in [0, 0.1) is 0 Å². The highest BCUT2D eigenvalue weighted by molar-refractivity contribution is 5.83. The molecule has 8 atom stereocenters. The van der Waals surface area contributed by atoms with E-state index in [1.54, 1.807) is 6.08 Å². The van der Waals surface area contributed by atoms with Gasteiger partial charge in [-0.25, -0.2) is 0 Å². The SMILES string of the molecule is CCCCCCCCC/C=C/CC/C=C/[C@@H](O)[C@H](CO[C@@H]1O[C@H](CO)[C@@H](O)[C@H](O)[C@H]1O)NC(=O)[C@@H](CCCCCCCCCCCCCC)OC(C)=O. The van der Waals surface area contributed by atoms with Gasteiger partial charge in [0, 0.05) is 6.92 Å². The lowest BCUT2D eigenvalue weighted by atomic mass is 9.99. The molecule has 1 saturated heterocycles. The summed E-state index contributed by atoms with van der Waals surface area (Å²) in [7, 11) is 0. The van der Waals surface area contributed by atoms with E-state index in [4.69, 9.17) is 14.2 Å². The van der Waals surface area contributed by atoms with E-state index in [1.807, 2.05) is 6.08 Å². The van der Waals surface area contributed by atoms with E-state index in [9.17, 15) is 35.1 Å². The minimum Gasteiger partial charge on any atom is -0.452 e. The van der Waals surface area contributed by atoms with Crippen LogP contribution in [0.5, 0.6) is 0 Å². The summed E-state index contributed by atoms with van der Waals surface area (Å²) in [6, 6.07) is -1.03. The second kappa shape index (κ2) is 32.4. The van der Waals surface area contributed by atoms with Gasteiger partial charge in [0.1, 0.15) is 24.4 Å². The smallest absolute Gasteiger partial charge is 0.303 e. The van der Waals surface area contributed by atoms with Gasteiger partial charge in [0.05, 0.1) is 25.4 Å². The summed E-state index contributed by atoms with van der Waals surface area (Å²) >= 11 is 0. The molecule has 0 aromatic heterocycles. The van der Waals surface area contributed by atoms with Crippen molar-refractivity contribution in [3.05, 3.63) is 24.3 Å². The van der Waals surface area contributed by atoms with Gasteiger partial charge in [0.15, 0.2) is 12.4 Å². The van der Waals surface area contributed by atoms with Crippen molar-refractivity contribution in [2.24, 2.45) is 0 Å². The summed E-state index contributed by atoms with van der Waals surface area (Å²) in [5.74, 6) is -1.16. The van der Waals surface area contributed by atoms with Gasteiger partial charge >= 0.3 is 5.97 Å². The minimum absolute atomic E-state index is 0.334. The second-order valence-electron chi connectivity index (χ2n) is 14.8. The molecule has 0 radical (unpaired) electrons. The summed E-state index contributed by atoms with van der Waals surface area (Å²) in [5.41, 5.74) is 0. The maximum atomic E-state index is 13.4. The molecule has 1 aliphatic rings. The van der Waals surface area contributed by atoms with Crippen molar-refractivity contribution in [3.63, 3.8) is 0 Å². The molecule has 0 aromatic rings. The van der Waals surface area contributed by atoms with Gasteiger partial charge in [-0.3, -0.25) is 9.59 Å². The lowest BCUT2D eigenvalue weighted by Gasteiger charge is -2.40. The third kappa shape index (κ3) is 23.6. The number of hydrogen-bond donors (Lipinski definition) is 6. The van der Waals surface area contributed by atoms with Gasteiger partial charge in [-0.05, 0) is 38.5 Å². The van der Waals surface area contributed by atoms with Crippen molar-refractivity contribution in [1.82, 2.24) is 5.32 Å². The molecule has 0 aromatic carbocycles. The van der Waals surface area contributed by atoms with Crippen LogP contribution in [0.4, 0.5) is 0 Å². The monoisotopic (exact) mass is 756 g/mol. The zero-order chi connectivity index (χ0) is 39.1. The lowest BCUT2D eigenvalue weighted by molar-refractivity contribution is -0.302. The Morgan fingerprint density at radius 1 is 0.698 bits per heavy atom. The molecular formula is C42H77NO10. The second-order valence-corrected chi connectivity index (χ2v) is 14.8. The summed E-state index contributed by atoms with van der Waals surface area (Å²) in [6.45, 7) is 4.75. The van der Waals surface area contributed by atoms with Crippen molar-refractivity contribution in [3.8, 4) is 0 Å². The van der Waals surface area contributed by atoms with Crippen molar-refractivity contribution in [1.29, 1.82) is 0 Å². The maximum Gasteiger partial charge on any atom is 0.303 e. The van der Waals surface area contributed by atoms with Crippen LogP contribution >= 0.6 is 0 Å². The van der Waals surface area contributed by atoms with E-state index in [-0.39, 0.29) is 6.61 Å². The Bertz CT molecular complexity index is 960. The zero-order valence-electron chi connectivity index (χ0n) is 33.4. The van der Waals surface area contributed by atoms with Gasteiger partial charge in [-0.15, -0.1) is 0 Å². The Balaban J connectivity index is 2.71. The number of ether oxygens (including phenoxy) is 3. The predicted octanol–water partition coefficient (Wildman–Crippen LogP) is 6.70. The zero-order valence-corrected chi connectivity index (χ0v) is 33.4.